The molecule has 0 saturated heterocycles. The van der Waals surface area contributed by atoms with Gasteiger partial charge in [-0.1, -0.05) is 44.0 Å². The van der Waals surface area contributed by atoms with E-state index in [-0.39, 0.29) is 11.9 Å². The van der Waals surface area contributed by atoms with Crippen molar-refractivity contribution in [1.29, 1.82) is 0 Å². The molecule has 0 heterocycles. The number of benzene rings is 1. The van der Waals surface area contributed by atoms with E-state index in [1.807, 2.05) is 17.0 Å². The molecule has 1 unspecified atom stereocenters. The third-order valence-electron chi connectivity index (χ3n) is 3.24. The average molecular weight is 268 g/mol. The Balaban J connectivity index is 2.91. The van der Waals surface area contributed by atoms with Crippen LogP contribution in [0.15, 0.2) is 24.3 Å². The molecule has 0 fully saturated rings. The van der Waals surface area contributed by atoms with Gasteiger partial charge in [0.25, 0.3) is 5.91 Å². The Bertz CT molecular complexity index is 392. The fraction of sp³-hybridized carbons (Fsp3) is 0.533. The van der Waals surface area contributed by atoms with Crippen molar-refractivity contribution in [2.75, 3.05) is 6.54 Å². The molecule has 0 N–H and O–H groups in total. The third-order valence-corrected chi connectivity index (χ3v) is 3.57. The number of carbonyl (C=O) groups excluding carboxylic acids is 1. The lowest BCUT2D eigenvalue weighted by atomic mass is 10.1. The van der Waals surface area contributed by atoms with E-state index in [4.69, 9.17) is 11.6 Å². The van der Waals surface area contributed by atoms with Gasteiger partial charge in [0, 0.05) is 12.6 Å². The molecule has 1 aromatic rings. The van der Waals surface area contributed by atoms with E-state index in [0.29, 0.717) is 10.6 Å². The molecule has 1 rings (SSSR count). The van der Waals surface area contributed by atoms with Crippen molar-refractivity contribution < 1.29 is 4.79 Å². The maximum atomic E-state index is 12.5. The van der Waals surface area contributed by atoms with Gasteiger partial charge in [0.05, 0.1) is 10.6 Å². The SMILES string of the molecule is CCCCN(C(=O)c1ccccc1Cl)C(C)CC. The van der Waals surface area contributed by atoms with Gasteiger partial charge in [0.15, 0.2) is 0 Å². The van der Waals surface area contributed by atoms with Gasteiger partial charge in [-0.3, -0.25) is 4.79 Å². The Labute approximate surface area is 115 Å². The molecule has 2 nitrogen and oxygen atoms in total. The first-order valence-electron chi connectivity index (χ1n) is 6.67. The molecule has 1 amide bonds. The highest BCUT2D eigenvalue weighted by atomic mass is 35.5. The first kappa shape index (κ1) is 15.0. The number of hydrogen-bond acceptors (Lipinski definition) is 1. The standard InChI is InChI=1S/C15H22ClNO/c1-4-6-11-17(12(3)5-2)15(18)13-9-7-8-10-14(13)16/h7-10,12H,4-6,11H2,1-3H3. The number of nitrogens with zero attached hydrogens (tertiary/aromatic N) is 1. The minimum Gasteiger partial charge on any atom is -0.336 e. The number of unbranched alkanes of at least 4 members (excludes halogenated alkanes) is 1. The van der Waals surface area contributed by atoms with E-state index in [1.165, 1.54) is 0 Å². The molecule has 0 aromatic heterocycles. The Morgan fingerprint density at radius 1 is 1.33 bits per heavy atom. The zero-order chi connectivity index (χ0) is 13.5. The highest BCUT2D eigenvalue weighted by Crippen LogP contribution is 2.19. The topological polar surface area (TPSA) is 20.3 Å². The Kier molecular flexibility index (Phi) is 6.20. The van der Waals surface area contributed by atoms with Crippen LogP contribution in [0.5, 0.6) is 0 Å². The number of hydrogen-bond donors (Lipinski definition) is 0. The van der Waals surface area contributed by atoms with Crippen LogP contribution in [0.1, 0.15) is 50.4 Å². The number of carbonyl (C=O) groups is 1. The summed E-state index contributed by atoms with van der Waals surface area (Å²) in [7, 11) is 0. The lowest BCUT2D eigenvalue weighted by Gasteiger charge is -2.29. The molecule has 0 aliphatic heterocycles. The van der Waals surface area contributed by atoms with Crippen molar-refractivity contribution in [1.82, 2.24) is 4.90 Å². The molecule has 1 atom stereocenters. The van der Waals surface area contributed by atoms with Crippen molar-refractivity contribution in [3.63, 3.8) is 0 Å². The fourth-order valence-corrected chi connectivity index (χ4v) is 2.08. The summed E-state index contributed by atoms with van der Waals surface area (Å²) in [4.78, 5) is 14.4. The van der Waals surface area contributed by atoms with Crippen LogP contribution in [-0.4, -0.2) is 23.4 Å². The summed E-state index contributed by atoms with van der Waals surface area (Å²) in [6.07, 6.45) is 3.07. The number of halogens is 1. The van der Waals surface area contributed by atoms with Crippen LogP contribution in [0.4, 0.5) is 0 Å². The Hall–Kier alpha value is -1.02. The molecule has 100 valence electrons. The zero-order valence-electron chi connectivity index (χ0n) is 11.4. The van der Waals surface area contributed by atoms with Crippen molar-refractivity contribution in [2.24, 2.45) is 0 Å². The minimum atomic E-state index is 0.0448. The predicted molar refractivity (Wildman–Crippen MR) is 77.1 cm³/mol. The van der Waals surface area contributed by atoms with E-state index in [0.717, 1.165) is 25.8 Å². The van der Waals surface area contributed by atoms with Crippen LogP contribution in [0.2, 0.25) is 5.02 Å². The van der Waals surface area contributed by atoms with E-state index in [2.05, 4.69) is 20.8 Å². The van der Waals surface area contributed by atoms with Gasteiger partial charge in [-0.25, -0.2) is 0 Å². The molecule has 3 heteroatoms. The fourth-order valence-electron chi connectivity index (χ4n) is 1.86. The molecule has 0 spiro atoms. The zero-order valence-corrected chi connectivity index (χ0v) is 12.2. The van der Waals surface area contributed by atoms with Crippen LogP contribution in [0.25, 0.3) is 0 Å². The smallest absolute Gasteiger partial charge is 0.255 e. The average Bonchev–Trinajstić information content (AvgIpc) is 2.39. The highest BCUT2D eigenvalue weighted by molar-refractivity contribution is 6.33. The molecular formula is C15H22ClNO. The first-order valence-corrected chi connectivity index (χ1v) is 7.05. The first-order chi connectivity index (χ1) is 8.61. The third kappa shape index (κ3) is 3.74. The molecule has 18 heavy (non-hydrogen) atoms. The van der Waals surface area contributed by atoms with Crippen molar-refractivity contribution in [3.05, 3.63) is 34.9 Å². The maximum absolute atomic E-state index is 12.5. The van der Waals surface area contributed by atoms with Gasteiger partial charge in [-0.15, -0.1) is 0 Å². The van der Waals surface area contributed by atoms with Crippen LogP contribution >= 0.6 is 11.6 Å². The monoisotopic (exact) mass is 267 g/mol. The second kappa shape index (κ2) is 7.42. The van der Waals surface area contributed by atoms with Crippen molar-refractivity contribution in [2.45, 2.75) is 46.1 Å². The van der Waals surface area contributed by atoms with Crippen LogP contribution in [-0.2, 0) is 0 Å². The number of amides is 1. The lowest BCUT2D eigenvalue weighted by molar-refractivity contribution is 0.0685. The normalized spacial score (nSPS) is 12.2. The second-order valence-corrected chi connectivity index (χ2v) is 5.00. The highest BCUT2D eigenvalue weighted by Gasteiger charge is 2.21. The molecular weight excluding hydrogens is 246 g/mol. The largest absolute Gasteiger partial charge is 0.336 e. The Morgan fingerprint density at radius 3 is 2.56 bits per heavy atom. The summed E-state index contributed by atoms with van der Waals surface area (Å²) < 4.78 is 0. The summed E-state index contributed by atoms with van der Waals surface area (Å²) in [5.41, 5.74) is 0.607. The van der Waals surface area contributed by atoms with Crippen LogP contribution in [0, 0.1) is 0 Å². The van der Waals surface area contributed by atoms with Gasteiger partial charge >= 0.3 is 0 Å². The van der Waals surface area contributed by atoms with Crippen LogP contribution in [0.3, 0.4) is 0 Å². The lowest BCUT2D eigenvalue weighted by Crippen LogP contribution is -2.39. The molecule has 0 bridgehead atoms. The summed E-state index contributed by atoms with van der Waals surface area (Å²) >= 11 is 6.10. The summed E-state index contributed by atoms with van der Waals surface area (Å²) in [6, 6.07) is 7.52. The molecule has 0 aliphatic rings. The quantitative estimate of drug-likeness (QED) is 0.749. The van der Waals surface area contributed by atoms with Crippen molar-refractivity contribution >= 4 is 17.5 Å². The molecule has 1 aromatic carbocycles. The van der Waals surface area contributed by atoms with Gasteiger partial charge in [-0.05, 0) is 31.9 Å². The molecule has 0 saturated carbocycles. The van der Waals surface area contributed by atoms with Gasteiger partial charge in [0.2, 0.25) is 0 Å². The Morgan fingerprint density at radius 2 is 2.00 bits per heavy atom. The molecule has 0 aliphatic carbocycles. The summed E-state index contributed by atoms with van der Waals surface area (Å²) in [6.45, 7) is 7.12. The van der Waals surface area contributed by atoms with Gasteiger partial charge < -0.3 is 4.90 Å². The maximum Gasteiger partial charge on any atom is 0.255 e. The minimum absolute atomic E-state index is 0.0448. The predicted octanol–water partition coefficient (Wildman–Crippen LogP) is 4.38. The summed E-state index contributed by atoms with van der Waals surface area (Å²) in [5.74, 6) is 0.0448. The van der Waals surface area contributed by atoms with E-state index in [1.54, 1.807) is 12.1 Å². The van der Waals surface area contributed by atoms with Crippen molar-refractivity contribution in [3.8, 4) is 0 Å². The second-order valence-electron chi connectivity index (χ2n) is 4.59. The van der Waals surface area contributed by atoms with Gasteiger partial charge in [0.1, 0.15) is 0 Å². The summed E-state index contributed by atoms with van der Waals surface area (Å²) in [5, 5.41) is 0.535. The van der Waals surface area contributed by atoms with E-state index >= 15 is 0 Å². The van der Waals surface area contributed by atoms with E-state index in [9.17, 15) is 4.79 Å². The van der Waals surface area contributed by atoms with Crippen LogP contribution < -0.4 is 0 Å². The van der Waals surface area contributed by atoms with E-state index < -0.39 is 0 Å². The van der Waals surface area contributed by atoms with Gasteiger partial charge in [-0.2, -0.15) is 0 Å². The molecule has 0 radical (unpaired) electrons. The number of rotatable bonds is 6.